The van der Waals surface area contributed by atoms with Crippen molar-refractivity contribution in [2.75, 3.05) is 29.9 Å². The van der Waals surface area contributed by atoms with Gasteiger partial charge < -0.3 is 20.4 Å². The highest BCUT2D eigenvalue weighted by Crippen LogP contribution is 2.22. The highest BCUT2D eigenvalue weighted by Gasteiger charge is 2.28. The Balaban J connectivity index is 1.27. The van der Waals surface area contributed by atoms with Gasteiger partial charge in [-0.25, -0.2) is 4.79 Å². The third-order valence-corrected chi connectivity index (χ3v) is 6.14. The third kappa shape index (κ3) is 5.28. The van der Waals surface area contributed by atoms with Crippen molar-refractivity contribution in [2.45, 2.75) is 39.2 Å². The molecule has 1 unspecified atom stereocenters. The Morgan fingerprint density at radius 1 is 1.06 bits per heavy atom. The first-order valence-corrected chi connectivity index (χ1v) is 11.3. The van der Waals surface area contributed by atoms with Crippen molar-refractivity contribution in [1.29, 1.82) is 0 Å². The number of hydrogen-bond acceptors (Lipinski definition) is 3. The lowest BCUT2D eigenvalue weighted by molar-refractivity contribution is -0.126. The first-order chi connectivity index (χ1) is 15.5. The van der Waals surface area contributed by atoms with Crippen molar-refractivity contribution >= 4 is 29.2 Å². The standard InChI is InChI=1S/C25H30N4O3/c1-18-5-2-7-21(15-18)27-25(32)28-13-3-6-20(17-28)24(31)26-16-19-9-11-22(12-10-19)29-14-4-8-23(29)30/h2,5,7,9-12,15,20H,3-4,6,8,13-14,16-17H2,1H3,(H,26,31)(H,27,32). The van der Waals surface area contributed by atoms with Crippen molar-refractivity contribution in [3.8, 4) is 0 Å². The maximum Gasteiger partial charge on any atom is 0.321 e. The number of rotatable bonds is 5. The number of piperidine rings is 1. The van der Waals surface area contributed by atoms with Gasteiger partial charge in [0.2, 0.25) is 11.8 Å². The summed E-state index contributed by atoms with van der Waals surface area (Å²) < 4.78 is 0. The number of nitrogens with one attached hydrogen (secondary N) is 2. The van der Waals surface area contributed by atoms with Crippen LogP contribution in [-0.4, -0.2) is 42.4 Å². The summed E-state index contributed by atoms with van der Waals surface area (Å²) in [5.41, 5.74) is 3.74. The number of nitrogens with zero attached hydrogens (tertiary/aromatic N) is 2. The molecule has 2 aromatic rings. The summed E-state index contributed by atoms with van der Waals surface area (Å²) in [7, 11) is 0. The minimum absolute atomic E-state index is 0.0307. The molecule has 2 heterocycles. The largest absolute Gasteiger partial charge is 0.352 e. The van der Waals surface area contributed by atoms with E-state index in [-0.39, 0.29) is 23.8 Å². The molecule has 2 aliphatic heterocycles. The molecule has 2 aromatic carbocycles. The van der Waals surface area contributed by atoms with Gasteiger partial charge in [0.25, 0.3) is 0 Å². The molecule has 2 fully saturated rings. The van der Waals surface area contributed by atoms with Crippen LogP contribution in [0.25, 0.3) is 0 Å². The Bertz CT molecular complexity index is 989. The van der Waals surface area contributed by atoms with Crippen LogP contribution in [0.3, 0.4) is 0 Å². The number of carbonyl (C=O) groups is 3. The van der Waals surface area contributed by atoms with E-state index in [2.05, 4.69) is 10.6 Å². The number of benzene rings is 2. The Morgan fingerprint density at radius 3 is 2.59 bits per heavy atom. The van der Waals surface area contributed by atoms with Gasteiger partial charge >= 0.3 is 6.03 Å². The first-order valence-electron chi connectivity index (χ1n) is 11.3. The van der Waals surface area contributed by atoms with Crippen LogP contribution in [0.2, 0.25) is 0 Å². The molecule has 4 amide bonds. The molecule has 4 rings (SSSR count). The molecular formula is C25H30N4O3. The molecule has 168 valence electrons. The maximum atomic E-state index is 12.7. The normalized spacial score (nSPS) is 18.5. The van der Waals surface area contributed by atoms with Crippen LogP contribution < -0.4 is 15.5 Å². The molecule has 2 N–H and O–H groups in total. The average molecular weight is 435 g/mol. The summed E-state index contributed by atoms with van der Waals surface area (Å²) in [6.07, 6.45) is 3.09. The minimum atomic E-state index is -0.214. The first kappa shape index (κ1) is 21.9. The van der Waals surface area contributed by atoms with Gasteiger partial charge in [-0.2, -0.15) is 0 Å². The monoisotopic (exact) mass is 434 g/mol. The summed E-state index contributed by atoms with van der Waals surface area (Å²) in [6.45, 7) is 4.25. The van der Waals surface area contributed by atoms with Crippen LogP contribution in [0.15, 0.2) is 48.5 Å². The zero-order valence-corrected chi connectivity index (χ0v) is 18.5. The van der Waals surface area contributed by atoms with Crippen LogP contribution in [0.4, 0.5) is 16.2 Å². The van der Waals surface area contributed by atoms with Gasteiger partial charge in [-0.15, -0.1) is 0 Å². The van der Waals surface area contributed by atoms with Gasteiger partial charge in [0.1, 0.15) is 0 Å². The fourth-order valence-corrected chi connectivity index (χ4v) is 4.35. The van der Waals surface area contributed by atoms with Crippen LogP contribution in [0.1, 0.15) is 36.8 Å². The fraction of sp³-hybridized carbons (Fsp3) is 0.400. The van der Waals surface area contributed by atoms with E-state index in [1.807, 2.05) is 55.5 Å². The van der Waals surface area contributed by atoms with E-state index in [9.17, 15) is 14.4 Å². The Hall–Kier alpha value is -3.35. The summed E-state index contributed by atoms with van der Waals surface area (Å²) >= 11 is 0. The van der Waals surface area contributed by atoms with Crippen molar-refractivity contribution in [1.82, 2.24) is 10.2 Å². The van der Waals surface area contributed by atoms with Crippen molar-refractivity contribution in [3.63, 3.8) is 0 Å². The van der Waals surface area contributed by atoms with Gasteiger partial charge in [-0.3, -0.25) is 9.59 Å². The molecule has 0 saturated carbocycles. The number of carbonyl (C=O) groups excluding carboxylic acids is 3. The molecular weight excluding hydrogens is 404 g/mol. The fourth-order valence-electron chi connectivity index (χ4n) is 4.35. The number of urea groups is 1. The Labute approximate surface area is 188 Å². The number of hydrogen-bond donors (Lipinski definition) is 2. The Morgan fingerprint density at radius 2 is 1.88 bits per heavy atom. The minimum Gasteiger partial charge on any atom is -0.352 e. The molecule has 7 nitrogen and oxygen atoms in total. The van der Waals surface area contributed by atoms with Gasteiger partial charge in [0.15, 0.2) is 0 Å². The van der Waals surface area contributed by atoms with Crippen molar-refractivity contribution in [2.24, 2.45) is 5.92 Å². The summed E-state index contributed by atoms with van der Waals surface area (Å²) in [5.74, 6) is -0.0790. The molecule has 0 aromatic heterocycles. The van der Waals surface area contributed by atoms with Gasteiger partial charge in [-0.1, -0.05) is 24.3 Å². The average Bonchev–Trinajstić information content (AvgIpc) is 3.23. The second-order valence-corrected chi connectivity index (χ2v) is 8.62. The highest BCUT2D eigenvalue weighted by atomic mass is 16.2. The van der Waals surface area contributed by atoms with Gasteiger partial charge in [-0.05, 0) is 61.6 Å². The molecule has 1 atom stereocenters. The second kappa shape index (κ2) is 9.85. The van der Waals surface area contributed by atoms with Crippen LogP contribution in [0.5, 0.6) is 0 Å². The smallest absolute Gasteiger partial charge is 0.321 e. The van der Waals surface area contributed by atoms with Gasteiger partial charge in [0, 0.05) is 44.0 Å². The van der Waals surface area contributed by atoms with Crippen LogP contribution >= 0.6 is 0 Å². The number of anilines is 2. The number of likely N-dealkylation sites (tertiary alicyclic amines) is 1. The van der Waals surface area contributed by atoms with E-state index < -0.39 is 0 Å². The lowest BCUT2D eigenvalue weighted by Crippen LogP contribution is -2.46. The lowest BCUT2D eigenvalue weighted by atomic mass is 9.97. The second-order valence-electron chi connectivity index (χ2n) is 8.62. The molecule has 0 spiro atoms. The molecule has 2 saturated heterocycles. The topological polar surface area (TPSA) is 81.8 Å². The molecule has 0 radical (unpaired) electrons. The van der Waals surface area contributed by atoms with E-state index in [4.69, 9.17) is 0 Å². The van der Waals surface area contributed by atoms with Gasteiger partial charge in [0.05, 0.1) is 5.92 Å². The molecule has 7 heteroatoms. The van der Waals surface area contributed by atoms with E-state index in [1.165, 1.54) is 0 Å². The molecule has 0 bridgehead atoms. The van der Waals surface area contributed by atoms with Crippen molar-refractivity contribution in [3.05, 3.63) is 59.7 Å². The summed E-state index contributed by atoms with van der Waals surface area (Å²) in [5, 5.41) is 5.93. The highest BCUT2D eigenvalue weighted by molar-refractivity contribution is 5.95. The van der Waals surface area contributed by atoms with Crippen molar-refractivity contribution < 1.29 is 14.4 Å². The predicted molar refractivity (Wildman–Crippen MR) is 124 cm³/mol. The van der Waals surface area contributed by atoms with E-state index in [0.717, 1.165) is 48.3 Å². The van der Waals surface area contributed by atoms with Crippen LogP contribution in [-0.2, 0) is 16.1 Å². The summed E-state index contributed by atoms with van der Waals surface area (Å²) in [4.78, 5) is 40.8. The zero-order valence-electron chi connectivity index (χ0n) is 18.5. The lowest BCUT2D eigenvalue weighted by Gasteiger charge is -2.32. The SMILES string of the molecule is Cc1cccc(NC(=O)N2CCCC(C(=O)NCc3ccc(N4CCCC4=O)cc3)C2)c1. The van der Waals surface area contributed by atoms with E-state index in [1.54, 1.807) is 9.80 Å². The number of aryl methyl sites for hydroxylation is 1. The Kier molecular flexibility index (Phi) is 6.73. The van der Waals surface area contributed by atoms with E-state index in [0.29, 0.717) is 26.1 Å². The predicted octanol–water partition coefficient (Wildman–Crippen LogP) is 3.68. The van der Waals surface area contributed by atoms with Crippen LogP contribution in [0, 0.1) is 12.8 Å². The molecule has 2 aliphatic rings. The summed E-state index contributed by atoms with van der Waals surface area (Å²) in [6, 6.07) is 15.3. The van der Waals surface area contributed by atoms with E-state index >= 15 is 0 Å². The molecule has 32 heavy (non-hydrogen) atoms. The third-order valence-electron chi connectivity index (χ3n) is 6.14. The maximum absolute atomic E-state index is 12.7. The zero-order chi connectivity index (χ0) is 22.5. The number of amides is 4. The molecule has 0 aliphatic carbocycles. The quantitative estimate of drug-likeness (QED) is 0.753.